The average molecular weight is 306 g/mol. The minimum Gasteiger partial charge on any atom is -0.467 e. The zero-order valence-corrected chi connectivity index (χ0v) is 13.7. The summed E-state index contributed by atoms with van der Waals surface area (Å²) in [5.41, 5.74) is 0.853. The molecule has 122 valence electrons. The van der Waals surface area contributed by atoms with Crippen molar-refractivity contribution in [3.05, 3.63) is 23.7 Å². The van der Waals surface area contributed by atoms with E-state index in [0.717, 1.165) is 38.0 Å². The second kappa shape index (κ2) is 5.61. The monoisotopic (exact) mass is 306 g/mol. The first kappa shape index (κ1) is 15.4. The number of carbonyl (C=O) groups is 1. The summed E-state index contributed by atoms with van der Waals surface area (Å²) in [5.74, 6) is 1.56. The molecule has 1 aromatic heterocycles. The quantitative estimate of drug-likeness (QED) is 0.882. The molecule has 3 rings (SSSR count). The zero-order valence-electron chi connectivity index (χ0n) is 13.7. The fourth-order valence-electron chi connectivity index (χ4n) is 3.70. The van der Waals surface area contributed by atoms with Gasteiger partial charge in [0, 0.05) is 13.1 Å². The molecule has 5 heteroatoms. The third-order valence-corrected chi connectivity index (χ3v) is 4.59. The molecule has 5 nitrogen and oxygen atoms in total. The molecule has 0 aromatic carbocycles. The third-order valence-electron chi connectivity index (χ3n) is 4.59. The standard InChI is InChI=1S/C17H26N2O3/c1-16(2,3)22-15(20)18-11-12-4-7-17(10-12)14-13(5-8-19-17)6-9-21-14/h6,9,12,19H,4-5,7-8,10-11H2,1-3H3,(H,18,20). The Bertz CT molecular complexity index is 546. The van der Waals surface area contributed by atoms with Gasteiger partial charge >= 0.3 is 6.09 Å². The largest absolute Gasteiger partial charge is 0.467 e. The lowest BCUT2D eigenvalue weighted by Gasteiger charge is -2.33. The van der Waals surface area contributed by atoms with Crippen molar-refractivity contribution in [2.75, 3.05) is 13.1 Å². The van der Waals surface area contributed by atoms with Gasteiger partial charge in [-0.1, -0.05) is 0 Å². The van der Waals surface area contributed by atoms with Gasteiger partial charge in [-0.15, -0.1) is 0 Å². The maximum Gasteiger partial charge on any atom is 0.407 e. The Hall–Kier alpha value is -1.49. The maximum atomic E-state index is 11.8. The smallest absolute Gasteiger partial charge is 0.407 e. The van der Waals surface area contributed by atoms with Crippen molar-refractivity contribution >= 4 is 6.09 Å². The van der Waals surface area contributed by atoms with Crippen molar-refractivity contribution in [2.45, 2.75) is 57.6 Å². The van der Waals surface area contributed by atoms with E-state index < -0.39 is 5.60 Å². The molecule has 0 saturated heterocycles. The van der Waals surface area contributed by atoms with Crippen LogP contribution in [-0.4, -0.2) is 24.8 Å². The highest BCUT2D eigenvalue weighted by atomic mass is 16.6. The predicted octanol–water partition coefficient (Wildman–Crippen LogP) is 2.95. The van der Waals surface area contributed by atoms with Crippen LogP contribution in [0.4, 0.5) is 4.79 Å². The van der Waals surface area contributed by atoms with Crippen LogP contribution in [0.15, 0.2) is 16.7 Å². The molecule has 2 aliphatic rings. The molecule has 1 amide bonds. The van der Waals surface area contributed by atoms with Crippen molar-refractivity contribution in [1.29, 1.82) is 0 Å². The molecule has 2 N–H and O–H groups in total. The third kappa shape index (κ3) is 3.14. The van der Waals surface area contributed by atoms with Crippen LogP contribution in [0.25, 0.3) is 0 Å². The van der Waals surface area contributed by atoms with Gasteiger partial charge in [-0.05, 0) is 64.0 Å². The Morgan fingerprint density at radius 2 is 2.36 bits per heavy atom. The second-order valence-electron chi connectivity index (χ2n) is 7.53. The molecule has 22 heavy (non-hydrogen) atoms. The van der Waals surface area contributed by atoms with Crippen molar-refractivity contribution in [2.24, 2.45) is 5.92 Å². The van der Waals surface area contributed by atoms with E-state index in [4.69, 9.17) is 9.15 Å². The van der Waals surface area contributed by atoms with Crippen LogP contribution in [0, 0.1) is 5.92 Å². The van der Waals surface area contributed by atoms with Gasteiger partial charge in [0.2, 0.25) is 0 Å². The zero-order chi connectivity index (χ0) is 15.8. The number of rotatable bonds is 2. The lowest BCUT2D eigenvalue weighted by atomic mass is 9.86. The van der Waals surface area contributed by atoms with Crippen LogP contribution in [0.3, 0.4) is 0 Å². The molecule has 1 aromatic rings. The number of nitrogens with one attached hydrogen (secondary N) is 2. The van der Waals surface area contributed by atoms with E-state index in [1.807, 2.05) is 20.8 Å². The molecule has 2 atom stereocenters. The number of furan rings is 1. The molecule has 1 aliphatic carbocycles. The molecule has 2 heterocycles. The molecule has 1 fully saturated rings. The van der Waals surface area contributed by atoms with Crippen LogP contribution in [-0.2, 0) is 16.7 Å². The molecule has 1 aliphatic heterocycles. The summed E-state index contributed by atoms with van der Waals surface area (Å²) < 4.78 is 11.1. The summed E-state index contributed by atoms with van der Waals surface area (Å²) in [5, 5.41) is 6.56. The van der Waals surface area contributed by atoms with E-state index in [2.05, 4.69) is 16.7 Å². The highest BCUT2D eigenvalue weighted by molar-refractivity contribution is 5.67. The van der Waals surface area contributed by atoms with Crippen LogP contribution in [0.2, 0.25) is 0 Å². The van der Waals surface area contributed by atoms with Crippen molar-refractivity contribution in [3.8, 4) is 0 Å². The topological polar surface area (TPSA) is 63.5 Å². The van der Waals surface area contributed by atoms with Crippen molar-refractivity contribution in [3.63, 3.8) is 0 Å². The van der Waals surface area contributed by atoms with Crippen LogP contribution >= 0.6 is 0 Å². The van der Waals surface area contributed by atoms with E-state index in [9.17, 15) is 4.79 Å². The molecule has 0 bridgehead atoms. The Balaban J connectivity index is 1.57. The first-order chi connectivity index (χ1) is 10.4. The van der Waals surface area contributed by atoms with E-state index in [1.165, 1.54) is 5.56 Å². The van der Waals surface area contributed by atoms with Crippen LogP contribution in [0.5, 0.6) is 0 Å². The fraction of sp³-hybridized carbons (Fsp3) is 0.706. The summed E-state index contributed by atoms with van der Waals surface area (Å²) in [7, 11) is 0. The summed E-state index contributed by atoms with van der Waals surface area (Å²) in [4.78, 5) is 11.8. The van der Waals surface area contributed by atoms with Crippen LogP contribution < -0.4 is 10.6 Å². The number of amides is 1. The fourth-order valence-corrected chi connectivity index (χ4v) is 3.70. The summed E-state index contributed by atoms with van der Waals surface area (Å²) in [6, 6.07) is 2.09. The predicted molar refractivity (Wildman–Crippen MR) is 83.7 cm³/mol. The summed E-state index contributed by atoms with van der Waals surface area (Å²) >= 11 is 0. The number of carbonyl (C=O) groups excluding carboxylic acids is 1. The second-order valence-corrected chi connectivity index (χ2v) is 7.53. The highest BCUT2D eigenvalue weighted by Gasteiger charge is 2.45. The van der Waals surface area contributed by atoms with Crippen LogP contribution in [0.1, 0.15) is 51.4 Å². The number of alkyl carbamates (subject to hydrolysis) is 1. The van der Waals surface area contributed by atoms with Gasteiger partial charge < -0.3 is 19.8 Å². The Morgan fingerprint density at radius 3 is 3.14 bits per heavy atom. The minimum atomic E-state index is -0.449. The minimum absolute atomic E-state index is 0.0304. The lowest BCUT2D eigenvalue weighted by Crippen LogP contribution is -2.45. The van der Waals surface area contributed by atoms with Gasteiger partial charge in [0.05, 0.1) is 11.8 Å². The SMILES string of the molecule is CC(C)(C)OC(=O)NCC1CCC2(C1)NCCc1ccoc12. The molecular weight excluding hydrogens is 280 g/mol. The Labute approximate surface area is 131 Å². The first-order valence-corrected chi connectivity index (χ1v) is 8.17. The van der Waals surface area contributed by atoms with E-state index in [0.29, 0.717) is 12.5 Å². The van der Waals surface area contributed by atoms with E-state index in [-0.39, 0.29) is 11.6 Å². The number of hydrogen-bond acceptors (Lipinski definition) is 4. The van der Waals surface area contributed by atoms with Gasteiger partial charge in [0.25, 0.3) is 0 Å². The Kier molecular flexibility index (Phi) is 3.93. The molecule has 0 radical (unpaired) electrons. The normalized spacial score (nSPS) is 27.7. The maximum absolute atomic E-state index is 11.8. The van der Waals surface area contributed by atoms with E-state index in [1.54, 1.807) is 6.26 Å². The van der Waals surface area contributed by atoms with Gasteiger partial charge in [0.15, 0.2) is 0 Å². The average Bonchev–Trinajstić information content (AvgIpc) is 3.03. The van der Waals surface area contributed by atoms with Gasteiger partial charge in [0.1, 0.15) is 11.4 Å². The number of fused-ring (bicyclic) bond motifs is 2. The number of ether oxygens (including phenoxy) is 1. The van der Waals surface area contributed by atoms with Gasteiger partial charge in [-0.25, -0.2) is 4.79 Å². The van der Waals surface area contributed by atoms with Gasteiger partial charge in [-0.2, -0.15) is 0 Å². The molecule has 1 spiro atoms. The lowest BCUT2D eigenvalue weighted by molar-refractivity contribution is 0.0518. The Morgan fingerprint density at radius 1 is 1.55 bits per heavy atom. The number of hydrogen-bond donors (Lipinski definition) is 2. The summed E-state index contributed by atoms with van der Waals surface area (Å²) in [6.45, 7) is 7.29. The van der Waals surface area contributed by atoms with Crippen molar-refractivity contribution in [1.82, 2.24) is 10.6 Å². The summed E-state index contributed by atoms with van der Waals surface area (Å²) in [6.07, 6.45) is 5.66. The molecular formula is C17H26N2O3. The highest BCUT2D eigenvalue weighted by Crippen LogP contribution is 2.45. The van der Waals surface area contributed by atoms with Gasteiger partial charge in [-0.3, -0.25) is 0 Å². The van der Waals surface area contributed by atoms with Crippen molar-refractivity contribution < 1.29 is 13.9 Å². The molecule has 2 unspecified atom stereocenters. The molecule has 1 saturated carbocycles. The first-order valence-electron chi connectivity index (χ1n) is 8.17. The van der Waals surface area contributed by atoms with E-state index >= 15 is 0 Å².